The van der Waals surface area contributed by atoms with Gasteiger partial charge in [0.05, 0.1) is 11.4 Å². The van der Waals surface area contributed by atoms with E-state index in [1.807, 2.05) is 37.4 Å². The van der Waals surface area contributed by atoms with Gasteiger partial charge in [-0.25, -0.2) is 0 Å². The molecule has 0 aliphatic carbocycles. The molecule has 8 heteroatoms. The molecular weight excluding hydrogens is 306 g/mol. The molecule has 0 radical (unpaired) electrons. The van der Waals surface area contributed by atoms with Crippen LogP contribution in [0.1, 0.15) is 6.42 Å². The molecule has 118 valence electrons. The fourth-order valence-corrected chi connectivity index (χ4v) is 2.24. The van der Waals surface area contributed by atoms with Crippen LogP contribution >= 0.6 is 0 Å². The maximum Gasteiger partial charge on any atom is 0.340 e. The van der Waals surface area contributed by atoms with Gasteiger partial charge in [0.25, 0.3) is 10.1 Å². The lowest BCUT2D eigenvalue weighted by molar-refractivity contribution is -0.502. The quantitative estimate of drug-likeness (QED) is 0.369. The fraction of sp³-hybridized carbons (Fsp3) is 0.286. The molecule has 22 heavy (non-hydrogen) atoms. The van der Waals surface area contributed by atoms with Gasteiger partial charge in [-0.05, 0) is 12.1 Å². The zero-order valence-corrected chi connectivity index (χ0v) is 12.9. The van der Waals surface area contributed by atoms with Crippen molar-refractivity contribution in [1.29, 1.82) is 0 Å². The Labute approximate surface area is 129 Å². The number of hydrogen-bond donors (Lipinski definition) is 1. The maximum atomic E-state index is 10.7. The summed E-state index contributed by atoms with van der Waals surface area (Å²) in [5.74, 6) is -0.328. The molecule has 0 fully saturated rings. The van der Waals surface area contributed by atoms with Gasteiger partial charge in [0.15, 0.2) is 12.5 Å². The lowest BCUT2D eigenvalue weighted by Crippen LogP contribution is -2.24. The fourth-order valence-electron chi connectivity index (χ4n) is 1.84. The molecule has 0 saturated heterocycles. The minimum Gasteiger partial charge on any atom is -0.431 e. The molecule has 0 bridgehead atoms. The third-order valence-corrected chi connectivity index (χ3v) is 3.71. The molecule has 1 unspecified atom stereocenters. The van der Waals surface area contributed by atoms with Crippen molar-refractivity contribution in [2.24, 2.45) is 5.10 Å². The van der Waals surface area contributed by atoms with E-state index in [0.717, 1.165) is 5.69 Å². The molecule has 2 rings (SSSR count). The molecule has 1 aromatic carbocycles. The summed E-state index contributed by atoms with van der Waals surface area (Å²) in [4.78, 5) is 0. The lowest BCUT2D eigenvalue weighted by atomic mass is 10.3. The first-order chi connectivity index (χ1) is 10.5. The summed E-state index contributed by atoms with van der Waals surface area (Å²) in [6.07, 6.45) is 6.16. The number of anilines is 1. The minimum absolute atomic E-state index is 0.186. The van der Waals surface area contributed by atoms with Crippen molar-refractivity contribution < 1.29 is 22.3 Å². The van der Waals surface area contributed by atoms with Crippen LogP contribution in [-0.4, -0.2) is 49.0 Å². The van der Waals surface area contributed by atoms with Gasteiger partial charge in [-0.2, -0.15) is 18.1 Å². The minimum atomic E-state index is -3.96. The third kappa shape index (κ3) is 4.97. The standard InChI is InChI=1S/C14H17N3O4S/c1-16(13-6-3-2-4-7-13)15-12-14-17(9-10-21-14)8-5-11-22(18,19)20/h2-4,6-10,12,14H,5,11H2,1H3/p+1. The van der Waals surface area contributed by atoms with Gasteiger partial charge >= 0.3 is 6.23 Å². The summed E-state index contributed by atoms with van der Waals surface area (Å²) >= 11 is 0. The highest BCUT2D eigenvalue weighted by Gasteiger charge is 2.23. The van der Waals surface area contributed by atoms with Crippen molar-refractivity contribution in [3.05, 3.63) is 42.8 Å². The van der Waals surface area contributed by atoms with E-state index in [2.05, 4.69) is 5.10 Å². The van der Waals surface area contributed by atoms with E-state index in [0.29, 0.717) is 0 Å². The average Bonchev–Trinajstić information content (AvgIpc) is 2.92. The summed E-state index contributed by atoms with van der Waals surface area (Å²) in [6, 6.07) is 9.63. The van der Waals surface area contributed by atoms with Crippen LogP contribution in [0.15, 0.2) is 47.9 Å². The Bertz CT molecular complexity index is 683. The highest BCUT2D eigenvalue weighted by atomic mass is 32.2. The predicted octanol–water partition coefficient (Wildman–Crippen LogP) is 1.30. The number of rotatable bonds is 6. The summed E-state index contributed by atoms with van der Waals surface area (Å²) in [5.41, 5.74) is 0.937. The maximum absolute atomic E-state index is 10.7. The van der Waals surface area contributed by atoms with Gasteiger partial charge in [-0.3, -0.25) is 9.56 Å². The zero-order valence-electron chi connectivity index (χ0n) is 12.1. The van der Waals surface area contributed by atoms with Crippen molar-refractivity contribution in [1.82, 2.24) is 0 Å². The third-order valence-electron chi connectivity index (χ3n) is 2.96. The monoisotopic (exact) mass is 324 g/mol. The first-order valence-electron chi connectivity index (χ1n) is 6.67. The summed E-state index contributed by atoms with van der Waals surface area (Å²) in [7, 11) is -2.14. The van der Waals surface area contributed by atoms with Crippen LogP contribution in [0.3, 0.4) is 0 Å². The molecule has 1 N–H and O–H groups in total. The smallest absolute Gasteiger partial charge is 0.340 e. The van der Waals surface area contributed by atoms with Crippen molar-refractivity contribution in [3.63, 3.8) is 0 Å². The Morgan fingerprint density at radius 3 is 2.82 bits per heavy atom. The van der Waals surface area contributed by atoms with E-state index >= 15 is 0 Å². The molecule has 1 aliphatic rings. The number of nitrogens with zero attached hydrogens (tertiary/aromatic N) is 3. The SMILES string of the molecule is CN(N=CC1OC=C[N+]1=CCCS(=O)(=O)O)c1ccccc1. The van der Waals surface area contributed by atoms with Crippen LogP contribution in [0.4, 0.5) is 5.69 Å². The largest absolute Gasteiger partial charge is 0.431 e. The molecule has 0 aromatic heterocycles. The van der Waals surface area contributed by atoms with Crippen LogP contribution in [0.25, 0.3) is 0 Å². The second kappa shape index (κ2) is 7.19. The molecule has 0 saturated carbocycles. The Kier molecular flexibility index (Phi) is 5.29. The van der Waals surface area contributed by atoms with E-state index < -0.39 is 16.3 Å². The summed E-state index contributed by atoms with van der Waals surface area (Å²) in [6.45, 7) is 0. The molecule has 1 aromatic rings. The van der Waals surface area contributed by atoms with Gasteiger partial charge in [0.1, 0.15) is 6.21 Å². The van der Waals surface area contributed by atoms with Crippen LogP contribution in [0.2, 0.25) is 0 Å². The van der Waals surface area contributed by atoms with Crippen LogP contribution in [0, 0.1) is 0 Å². The van der Waals surface area contributed by atoms with Crippen molar-refractivity contribution in [3.8, 4) is 0 Å². The Morgan fingerprint density at radius 2 is 2.14 bits per heavy atom. The summed E-state index contributed by atoms with van der Waals surface area (Å²) in [5, 5.41) is 6.00. The summed E-state index contributed by atoms with van der Waals surface area (Å²) < 4.78 is 37.1. The van der Waals surface area contributed by atoms with E-state index in [1.54, 1.807) is 28.2 Å². The Balaban J connectivity index is 1.97. The van der Waals surface area contributed by atoms with E-state index in [4.69, 9.17) is 9.29 Å². The molecule has 1 heterocycles. The second-order valence-electron chi connectivity index (χ2n) is 4.64. The zero-order chi connectivity index (χ0) is 16.0. The van der Waals surface area contributed by atoms with Gasteiger partial charge in [0.2, 0.25) is 6.20 Å². The van der Waals surface area contributed by atoms with Crippen molar-refractivity contribution in [2.75, 3.05) is 17.8 Å². The van der Waals surface area contributed by atoms with Crippen molar-refractivity contribution in [2.45, 2.75) is 12.6 Å². The van der Waals surface area contributed by atoms with E-state index in [1.165, 1.54) is 6.26 Å². The van der Waals surface area contributed by atoms with Gasteiger partial charge in [-0.15, -0.1) is 0 Å². The molecule has 1 aliphatic heterocycles. The predicted molar refractivity (Wildman–Crippen MR) is 84.7 cm³/mol. The van der Waals surface area contributed by atoms with Gasteiger partial charge in [0, 0.05) is 13.5 Å². The molecule has 0 spiro atoms. The van der Waals surface area contributed by atoms with E-state index in [-0.39, 0.29) is 12.2 Å². The number of para-hydroxylation sites is 1. The normalized spacial score (nSPS) is 19.7. The lowest BCUT2D eigenvalue weighted by Gasteiger charge is -2.12. The van der Waals surface area contributed by atoms with E-state index in [9.17, 15) is 8.42 Å². The Morgan fingerprint density at radius 1 is 1.41 bits per heavy atom. The first kappa shape index (κ1) is 16.2. The van der Waals surface area contributed by atoms with Crippen LogP contribution < -0.4 is 5.01 Å². The molecular formula is C14H18N3O4S+. The molecule has 0 amide bonds. The second-order valence-corrected chi connectivity index (χ2v) is 6.21. The first-order valence-corrected chi connectivity index (χ1v) is 8.27. The number of benzene rings is 1. The Hall–Kier alpha value is -2.19. The average molecular weight is 324 g/mol. The number of hydrazone groups is 1. The highest BCUT2D eigenvalue weighted by Crippen LogP contribution is 2.11. The van der Waals surface area contributed by atoms with Crippen LogP contribution in [0.5, 0.6) is 0 Å². The molecule has 1 atom stereocenters. The number of hydrogen-bond acceptors (Lipinski definition) is 5. The van der Waals surface area contributed by atoms with Gasteiger partial charge < -0.3 is 4.74 Å². The number of ether oxygens (including phenoxy) is 1. The van der Waals surface area contributed by atoms with Gasteiger partial charge in [-0.1, -0.05) is 18.2 Å². The van der Waals surface area contributed by atoms with Crippen molar-refractivity contribution >= 4 is 28.2 Å². The highest BCUT2D eigenvalue weighted by molar-refractivity contribution is 7.85. The topological polar surface area (TPSA) is 82.2 Å². The molecule has 7 nitrogen and oxygen atoms in total. The van der Waals surface area contributed by atoms with Crippen LogP contribution in [-0.2, 0) is 14.9 Å².